The minimum Gasteiger partial charge on any atom is -0.493 e. The number of nitrogens with zero attached hydrogens (tertiary/aromatic N) is 1. The molecule has 0 N–H and O–H groups in total. The van der Waals surface area contributed by atoms with E-state index in [1.165, 1.54) is 0 Å². The van der Waals surface area contributed by atoms with Crippen molar-refractivity contribution in [3.8, 4) is 11.5 Å². The van der Waals surface area contributed by atoms with Gasteiger partial charge >= 0.3 is 0 Å². The van der Waals surface area contributed by atoms with Crippen LogP contribution >= 0.6 is 0 Å². The van der Waals surface area contributed by atoms with Crippen molar-refractivity contribution in [1.82, 2.24) is 4.90 Å². The first-order valence-electron chi connectivity index (χ1n) is 12.3. The number of amides is 1. The monoisotopic (exact) mass is 507 g/mol. The first-order valence-corrected chi connectivity index (χ1v) is 12.3. The number of aryl methyl sites for hydroxylation is 1. The van der Waals surface area contributed by atoms with E-state index in [1.54, 1.807) is 48.6 Å². The summed E-state index contributed by atoms with van der Waals surface area (Å²) in [5.41, 5.74) is 3.12. The van der Waals surface area contributed by atoms with Gasteiger partial charge in [0.15, 0.2) is 16.9 Å². The van der Waals surface area contributed by atoms with Gasteiger partial charge in [-0.25, -0.2) is 0 Å². The van der Waals surface area contributed by atoms with E-state index in [1.807, 2.05) is 55.5 Å². The molecule has 0 radical (unpaired) electrons. The topological polar surface area (TPSA) is 82.1 Å². The average Bonchev–Trinajstić information content (AvgIpc) is 3.55. The summed E-state index contributed by atoms with van der Waals surface area (Å²) in [4.78, 5) is 29.1. The summed E-state index contributed by atoms with van der Waals surface area (Å²) in [7, 11) is 1.56. The van der Waals surface area contributed by atoms with E-state index in [0.29, 0.717) is 46.0 Å². The molecular formula is C31H25NO6. The van der Waals surface area contributed by atoms with E-state index in [9.17, 15) is 9.59 Å². The summed E-state index contributed by atoms with van der Waals surface area (Å²) in [5, 5.41) is 0.441. The lowest BCUT2D eigenvalue weighted by atomic mass is 9.97. The van der Waals surface area contributed by atoms with E-state index < -0.39 is 6.04 Å². The van der Waals surface area contributed by atoms with Crippen LogP contribution in [0.3, 0.4) is 0 Å². The number of hydrogen-bond acceptors (Lipinski definition) is 6. The zero-order chi connectivity index (χ0) is 26.2. The predicted octanol–water partition coefficient (Wildman–Crippen LogP) is 6.03. The van der Waals surface area contributed by atoms with Crippen LogP contribution in [-0.2, 0) is 13.2 Å². The van der Waals surface area contributed by atoms with Crippen molar-refractivity contribution in [2.24, 2.45) is 0 Å². The zero-order valence-corrected chi connectivity index (χ0v) is 21.0. The zero-order valence-electron chi connectivity index (χ0n) is 21.0. The van der Waals surface area contributed by atoms with Gasteiger partial charge in [-0.15, -0.1) is 0 Å². The number of furan rings is 1. The highest BCUT2D eigenvalue weighted by molar-refractivity contribution is 5.99. The Bertz CT molecular complexity index is 1690. The predicted molar refractivity (Wildman–Crippen MR) is 141 cm³/mol. The molecule has 0 fully saturated rings. The second kappa shape index (κ2) is 9.59. The lowest BCUT2D eigenvalue weighted by Gasteiger charge is -2.25. The quantitative estimate of drug-likeness (QED) is 0.268. The molecule has 5 aromatic rings. The highest BCUT2D eigenvalue weighted by Crippen LogP contribution is 2.42. The van der Waals surface area contributed by atoms with Gasteiger partial charge in [-0.3, -0.25) is 9.59 Å². The van der Waals surface area contributed by atoms with E-state index >= 15 is 0 Å². The molecule has 7 nitrogen and oxygen atoms in total. The normalized spacial score (nSPS) is 14.6. The number of benzene rings is 3. The Morgan fingerprint density at radius 2 is 1.76 bits per heavy atom. The lowest BCUT2D eigenvalue weighted by Crippen LogP contribution is -2.29. The maximum absolute atomic E-state index is 13.8. The third-order valence-electron chi connectivity index (χ3n) is 6.77. The van der Waals surface area contributed by atoms with Crippen LogP contribution in [0.15, 0.2) is 98.8 Å². The summed E-state index contributed by atoms with van der Waals surface area (Å²) < 4.78 is 23.3. The van der Waals surface area contributed by atoms with Gasteiger partial charge in [-0.2, -0.15) is 0 Å². The van der Waals surface area contributed by atoms with Gasteiger partial charge in [0.2, 0.25) is 5.76 Å². The minimum atomic E-state index is -0.694. The molecule has 0 saturated carbocycles. The van der Waals surface area contributed by atoms with Crippen LogP contribution in [0, 0.1) is 6.92 Å². The lowest BCUT2D eigenvalue weighted by molar-refractivity contribution is 0.0701. The van der Waals surface area contributed by atoms with Gasteiger partial charge in [-0.1, -0.05) is 48.0 Å². The summed E-state index contributed by atoms with van der Waals surface area (Å²) in [5.74, 6) is 1.33. The number of ether oxygens (including phenoxy) is 2. The molecule has 6 rings (SSSR count). The second-order valence-electron chi connectivity index (χ2n) is 9.27. The maximum Gasteiger partial charge on any atom is 0.291 e. The largest absolute Gasteiger partial charge is 0.493 e. The van der Waals surface area contributed by atoms with Gasteiger partial charge in [0.25, 0.3) is 5.91 Å². The van der Waals surface area contributed by atoms with Crippen LogP contribution in [0.2, 0.25) is 0 Å². The maximum atomic E-state index is 13.8. The molecule has 38 heavy (non-hydrogen) atoms. The molecule has 1 aliphatic heterocycles. The molecule has 1 aliphatic rings. The molecule has 3 heterocycles. The minimum absolute atomic E-state index is 0.0475. The van der Waals surface area contributed by atoms with Crippen LogP contribution in [0.1, 0.15) is 44.6 Å². The molecule has 0 bridgehead atoms. The van der Waals surface area contributed by atoms with Crippen LogP contribution < -0.4 is 14.9 Å². The van der Waals surface area contributed by atoms with E-state index in [-0.39, 0.29) is 23.6 Å². The standard InChI is InChI=1S/C31H25NO6/c1-19-10-12-24-23(15-19)29(33)27-28(32(31(34)30(27)38-24)17-22-9-6-14-36-22)21-11-13-25(26(16-21)35-2)37-18-20-7-4-3-5-8-20/h3-16,28H,17-18H2,1-2H3. The molecule has 0 aliphatic carbocycles. The first-order chi connectivity index (χ1) is 18.5. The fraction of sp³-hybridized carbons (Fsp3) is 0.161. The molecule has 3 aromatic carbocycles. The summed E-state index contributed by atoms with van der Waals surface area (Å²) >= 11 is 0. The Hall–Kier alpha value is -4.78. The number of carbonyl (C=O) groups is 1. The molecule has 1 amide bonds. The molecule has 190 valence electrons. The van der Waals surface area contributed by atoms with Crippen LogP contribution in [-0.4, -0.2) is 17.9 Å². The number of hydrogen-bond donors (Lipinski definition) is 0. The number of rotatable bonds is 7. The SMILES string of the molecule is COc1cc(C2c3c(oc4ccc(C)cc4c3=O)C(=O)N2Cc2ccco2)ccc1OCc1ccccc1. The molecule has 2 aromatic heterocycles. The van der Waals surface area contributed by atoms with E-state index in [0.717, 1.165) is 11.1 Å². The highest BCUT2D eigenvalue weighted by atomic mass is 16.5. The first kappa shape index (κ1) is 23.6. The van der Waals surface area contributed by atoms with E-state index in [2.05, 4.69) is 0 Å². The van der Waals surface area contributed by atoms with E-state index in [4.69, 9.17) is 18.3 Å². The molecule has 1 unspecified atom stereocenters. The van der Waals surface area contributed by atoms with Crippen molar-refractivity contribution >= 4 is 16.9 Å². The van der Waals surface area contributed by atoms with Crippen molar-refractivity contribution in [2.45, 2.75) is 26.1 Å². The van der Waals surface area contributed by atoms with Crippen molar-refractivity contribution in [2.75, 3.05) is 7.11 Å². The van der Waals surface area contributed by atoms with Gasteiger partial charge in [0.1, 0.15) is 18.0 Å². The third kappa shape index (κ3) is 4.12. The van der Waals surface area contributed by atoms with Crippen molar-refractivity contribution in [3.63, 3.8) is 0 Å². The summed E-state index contributed by atoms with van der Waals surface area (Å²) in [6.07, 6.45) is 1.56. The van der Waals surface area contributed by atoms with Crippen LogP contribution in [0.5, 0.6) is 11.5 Å². The average molecular weight is 508 g/mol. The van der Waals surface area contributed by atoms with Gasteiger partial charge < -0.3 is 23.2 Å². The van der Waals surface area contributed by atoms with Gasteiger partial charge in [0.05, 0.1) is 36.9 Å². The fourth-order valence-corrected chi connectivity index (χ4v) is 4.92. The number of carbonyl (C=O) groups excluding carboxylic acids is 1. The van der Waals surface area contributed by atoms with Crippen LogP contribution in [0.25, 0.3) is 11.0 Å². The number of methoxy groups -OCH3 is 1. The van der Waals surface area contributed by atoms with Crippen molar-refractivity contribution in [3.05, 3.63) is 129 Å². The van der Waals surface area contributed by atoms with Gasteiger partial charge in [0, 0.05) is 0 Å². The Labute approximate surface area is 218 Å². The molecular weight excluding hydrogens is 482 g/mol. The Kier molecular flexibility index (Phi) is 5.96. The molecule has 0 saturated heterocycles. The molecule has 0 spiro atoms. The summed E-state index contributed by atoms with van der Waals surface area (Å²) in [6, 6.07) is 23.5. The van der Waals surface area contributed by atoms with Gasteiger partial charge in [-0.05, 0) is 54.4 Å². The molecule has 1 atom stereocenters. The molecule has 7 heteroatoms. The smallest absolute Gasteiger partial charge is 0.291 e. The highest BCUT2D eigenvalue weighted by Gasteiger charge is 2.43. The number of fused-ring (bicyclic) bond motifs is 2. The Balaban J connectivity index is 1.45. The Morgan fingerprint density at radius 3 is 2.53 bits per heavy atom. The third-order valence-corrected chi connectivity index (χ3v) is 6.77. The fourth-order valence-electron chi connectivity index (χ4n) is 4.92. The Morgan fingerprint density at radius 1 is 0.921 bits per heavy atom. The summed E-state index contributed by atoms with van der Waals surface area (Å²) in [6.45, 7) is 2.46. The second-order valence-corrected chi connectivity index (χ2v) is 9.27. The van der Waals surface area contributed by atoms with Crippen LogP contribution in [0.4, 0.5) is 0 Å². The van der Waals surface area contributed by atoms with Crippen molar-refractivity contribution < 1.29 is 23.1 Å². The van der Waals surface area contributed by atoms with Crippen molar-refractivity contribution in [1.29, 1.82) is 0 Å².